The van der Waals surface area contributed by atoms with Crippen LogP contribution in [0.1, 0.15) is 47.0 Å². The highest BCUT2D eigenvalue weighted by molar-refractivity contribution is 4.80. The molecule has 2 unspecified atom stereocenters. The average Bonchev–Trinajstić information content (AvgIpc) is 2.54. The molecule has 0 aromatic carbocycles. The van der Waals surface area contributed by atoms with Crippen molar-refractivity contribution < 1.29 is 4.74 Å². The van der Waals surface area contributed by atoms with Crippen LogP contribution in [-0.2, 0) is 4.74 Å². The second kappa shape index (κ2) is 8.23. The quantitative estimate of drug-likeness (QED) is 0.803. The first-order valence-electron chi connectivity index (χ1n) is 7.92. The molecule has 2 atom stereocenters. The Hall–Kier alpha value is -0.120. The van der Waals surface area contributed by atoms with Crippen LogP contribution in [0.2, 0.25) is 0 Å². The van der Waals surface area contributed by atoms with Crippen molar-refractivity contribution >= 4 is 0 Å². The zero-order valence-corrected chi connectivity index (χ0v) is 13.7. The molecule has 0 aromatic heterocycles. The van der Waals surface area contributed by atoms with Gasteiger partial charge < -0.3 is 15.0 Å². The molecule has 114 valence electrons. The molecule has 0 aliphatic carbocycles. The van der Waals surface area contributed by atoms with Crippen LogP contribution in [-0.4, -0.2) is 50.8 Å². The van der Waals surface area contributed by atoms with E-state index in [0.29, 0.717) is 11.5 Å². The van der Waals surface area contributed by atoms with Crippen molar-refractivity contribution in [2.75, 3.05) is 39.9 Å². The minimum Gasteiger partial charge on any atom is -0.383 e. The van der Waals surface area contributed by atoms with Crippen LogP contribution >= 0.6 is 0 Å². The second-order valence-corrected chi connectivity index (χ2v) is 7.00. The Morgan fingerprint density at radius 1 is 1.26 bits per heavy atom. The van der Waals surface area contributed by atoms with Gasteiger partial charge in [0.05, 0.1) is 6.61 Å². The predicted molar refractivity (Wildman–Crippen MR) is 82.6 cm³/mol. The number of hydrogen-bond donors (Lipinski definition) is 1. The van der Waals surface area contributed by atoms with Crippen molar-refractivity contribution in [3.8, 4) is 0 Å². The summed E-state index contributed by atoms with van der Waals surface area (Å²) in [7, 11) is 1.79. The highest BCUT2D eigenvalue weighted by atomic mass is 16.5. The molecule has 1 heterocycles. The molecule has 1 saturated heterocycles. The molecule has 1 aliphatic heterocycles. The molecule has 3 nitrogen and oxygen atoms in total. The fourth-order valence-corrected chi connectivity index (χ4v) is 3.18. The number of likely N-dealkylation sites (N-methyl/N-ethyl adjacent to an activating group) is 1. The Morgan fingerprint density at radius 2 is 2.00 bits per heavy atom. The topological polar surface area (TPSA) is 24.5 Å². The highest BCUT2D eigenvalue weighted by Gasteiger charge is 2.27. The summed E-state index contributed by atoms with van der Waals surface area (Å²) in [4.78, 5) is 2.62. The largest absolute Gasteiger partial charge is 0.383 e. The Kier molecular flexibility index (Phi) is 7.33. The van der Waals surface area contributed by atoms with Gasteiger partial charge in [-0.2, -0.15) is 0 Å². The highest BCUT2D eigenvalue weighted by Crippen LogP contribution is 2.34. The van der Waals surface area contributed by atoms with Gasteiger partial charge >= 0.3 is 0 Å². The van der Waals surface area contributed by atoms with Gasteiger partial charge in [-0.05, 0) is 50.2 Å². The maximum absolute atomic E-state index is 5.32. The summed E-state index contributed by atoms with van der Waals surface area (Å²) >= 11 is 0. The number of nitrogens with zero attached hydrogens (tertiary/aromatic N) is 1. The minimum absolute atomic E-state index is 0.462. The van der Waals surface area contributed by atoms with Crippen LogP contribution in [0.25, 0.3) is 0 Å². The van der Waals surface area contributed by atoms with Crippen molar-refractivity contribution in [2.24, 2.45) is 11.3 Å². The standard InChI is InChI=1S/C16H34N2O/c1-6-17-15(13-19-5)12-18-10-7-8-14(9-11-18)16(2,3)4/h14-15,17H,6-13H2,1-5H3. The maximum atomic E-state index is 5.32. The van der Waals surface area contributed by atoms with Gasteiger partial charge in [-0.15, -0.1) is 0 Å². The first kappa shape index (κ1) is 16.9. The van der Waals surface area contributed by atoms with E-state index >= 15 is 0 Å². The first-order valence-corrected chi connectivity index (χ1v) is 7.92. The summed E-state index contributed by atoms with van der Waals surface area (Å²) in [5.74, 6) is 0.873. The molecular weight excluding hydrogens is 236 g/mol. The van der Waals surface area contributed by atoms with Gasteiger partial charge in [0, 0.05) is 19.7 Å². The minimum atomic E-state index is 0.462. The summed E-state index contributed by atoms with van der Waals surface area (Å²) in [6.07, 6.45) is 4.07. The van der Waals surface area contributed by atoms with E-state index < -0.39 is 0 Å². The molecular formula is C16H34N2O. The van der Waals surface area contributed by atoms with Gasteiger partial charge in [0.25, 0.3) is 0 Å². The molecule has 0 radical (unpaired) electrons. The van der Waals surface area contributed by atoms with Crippen molar-refractivity contribution in [3.05, 3.63) is 0 Å². The Labute approximate surface area is 120 Å². The summed E-state index contributed by atoms with van der Waals surface area (Å²) in [5.41, 5.74) is 0.462. The fourth-order valence-electron chi connectivity index (χ4n) is 3.18. The number of likely N-dealkylation sites (tertiary alicyclic amines) is 1. The third kappa shape index (κ3) is 6.24. The van der Waals surface area contributed by atoms with E-state index in [9.17, 15) is 0 Å². The van der Waals surface area contributed by atoms with Crippen LogP contribution in [0.15, 0.2) is 0 Å². The molecule has 3 heteroatoms. The number of nitrogens with one attached hydrogen (secondary N) is 1. The van der Waals surface area contributed by atoms with E-state index in [2.05, 4.69) is 37.9 Å². The summed E-state index contributed by atoms with van der Waals surface area (Å²) in [6.45, 7) is 14.8. The SMILES string of the molecule is CCNC(COC)CN1CCCC(C(C)(C)C)CC1. The van der Waals surface area contributed by atoms with Crippen LogP contribution in [0.4, 0.5) is 0 Å². The molecule has 0 spiro atoms. The smallest absolute Gasteiger partial charge is 0.0628 e. The molecule has 0 bridgehead atoms. The van der Waals surface area contributed by atoms with Gasteiger partial charge in [-0.3, -0.25) is 0 Å². The lowest BCUT2D eigenvalue weighted by Gasteiger charge is -2.30. The van der Waals surface area contributed by atoms with Crippen LogP contribution in [0.5, 0.6) is 0 Å². The van der Waals surface area contributed by atoms with Crippen LogP contribution < -0.4 is 5.32 Å². The van der Waals surface area contributed by atoms with Crippen molar-refractivity contribution in [3.63, 3.8) is 0 Å². The summed E-state index contributed by atoms with van der Waals surface area (Å²) in [5, 5.41) is 3.53. The number of rotatable bonds is 6. The zero-order valence-electron chi connectivity index (χ0n) is 13.7. The summed E-state index contributed by atoms with van der Waals surface area (Å²) < 4.78 is 5.32. The molecule has 0 saturated carbocycles. The maximum Gasteiger partial charge on any atom is 0.0628 e. The van der Waals surface area contributed by atoms with E-state index in [0.717, 1.165) is 25.6 Å². The Balaban J connectivity index is 2.43. The molecule has 0 aromatic rings. The molecule has 19 heavy (non-hydrogen) atoms. The molecule has 1 aliphatic rings. The molecule has 1 fully saturated rings. The first-order chi connectivity index (χ1) is 8.97. The lowest BCUT2D eigenvalue weighted by Crippen LogP contribution is -2.44. The van der Waals surface area contributed by atoms with E-state index in [4.69, 9.17) is 4.74 Å². The van der Waals surface area contributed by atoms with Crippen LogP contribution in [0.3, 0.4) is 0 Å². The van der Waals surface area contributed by atoms with Gasteiger partial charge in [0.15, 0.2) is 0 Å². The van der Waals surface area contributed by atoms with E-state index in [1.165, 1.54) is 32.4 Å². The third-order valence-electron chi connectivity index (χ3n) is 4.38. The number of methoxy groups -OCH3 is 1. The van der Waals surface area contributed by atoms with Gasteiger partial charge in [0.1, 0.15) is 0 Å². The third-order valence-corrected chi connectivity index (χ3v) is 4.38. The van der Waals surface area contributed by atoms with E-state index in [1.54, 1.807) is 7.11 Å². The van der Waals surface area contributed by atoms with Crippen molar-refractivity contribution in [1.82, 2.24) is 10.2 Å². The van der Waals surface area contributed by atoms with Gasteiger partial charge in [0.2, 0.25) is 0 Å². The van der Waals surface area contributed by atoms with Gasteiger partial charge in [-0.1, -0.05) is 27.7 Å². The monoisotopic (exact) mass is 270 g/mol. The molecule has 1 N–H and O–H groups in total. The predicted octanol–water partition coefficient (Wildman–Crippen LogP) is 2.76. The number of hydrogen-bond acceptors (Lipinski definition) is 3. The Bertz CT molecular complexity index is 231. The fraction of sp³-hybridized carbons (Fsp3) is 1.00. The van der Waals surface area contributed by atoms with Crippen LogP contribution in [0, 0.1) is 11.3 Å². The average molecular weight is 270 g/mol. The summed E-state index contributed by atoms with van der Waals surface area (Å²) in [6, 6.07) is 0.473. The van der Waals surface area contributed by atoms with Crippen molar-refractivity contribution in [2.45, 2.75) is 53.0 Å². The molecule has 1 rings (SSSR count). The van der Waals surface area contributed by atoms with Gasteiger partial charge in [-0.25, -0.2) is 0 Å². The number of ether oxygens (including phenoxy) is 1. The lowest BCUT2D eigenvalue weighted by atomic mass is 9.77. The normalized spacial score (nSPS) is 24.2. The second-order valence-electron chi connectivity index (χ2n) is 7.00. The zero-order chi connectivity index (χ0) is 14.3. The molecule has 0 amide bonds. The Morgan fingerprint density at radius 3 is 2.58 bits per heavy atom. The van der Waals surface area contributed by atoms with Crippen molar-refractivity contribution in [1.29, 1.82) is 0 Å². The van der Waals surface area contributed by atoms with E-state index in [-0.39, 0.29) is 0 Å². The van der Waals surface area contributed by atoms with E-state index in [1.807, 2.05) is 0 Å². The lowest BCUT2D eigenvalue weighted by molar-refractivity contribution is 0.137.